The Balaban J connectivity index is 1.43. The molecule has 2 aliphatic rings. The highest BCUT2D eigenvalue weighted by Crippen LogP contribution is 2.48. The van der Waals surface area contributed by atoms with Crippen LogP contribution in [0.5, 0.6) is 0 Å². The smallest absolute Gasteiger partial charge is 0.131 e. The van der Waals surface area contributed by atoms with Crippen molar-refractivity contribution < 1.29 is 4.39 Å². The van der Waals surface area contributed by atoms with Crippen molar-refractivity contribution in [1.29, 1.82) is 5.26 Å². The molecular weight excluding hydrogens is 357 g/mol. The lowest BCUT2D eigenvalue weighted by Crippen LogP contribution is -2.30. The van der Waals surface area contributed by atoms with Gasteiger partial charge >= 0.3 is 0 Å². The van der Waals surface area contributed by atoms with Crippen LogP contribution in [0.3, 0.4) is 0 Å². The SMILES string of the molecule is C=CCCC1CCC2CC(c3ccc(-c4ccc(C#N)cc4)c(F)c3)CCC2C1. The molecule has 2 heteroatoms. The fourth-order valence-corrected chi connectivity index (χ4v) is 5.65. The molecule has 4 rings (SSSR count). The predicted octanol–water partition coefficient (Wildman–Crippen LogP) is 7.63. The molecule has 29 heavy (non-hydrogen) atoms. The van der Waals surface area contributed by atoms with E-state index in [1.165, 1.54) is 44.9 Å². The molecule has 2 aliphatic carbocycles. The lowest BCUT2D eigenvalue weighted by molar-refractivity contribution is 0.115. The van der Waals surface area contributed by atoms with Gasteiger partial charge in [-0.2, -0.15) is 5.26 Å². The highest BCUT2D eigenvalue weighted by molar-refractivity contribution is 5.65. The Bertz CT molecular complexity index is 892. The molecule has 0 saturated heterocycles. The zero-order valence-corrected chi connectivity index (χ0v) is 17.1. The predicted molar refractivity (Wildman–Crippen MR) is 117 cm³/mol. The number of fused-ring (bicyclic) bond motifs is 1. The molecule has 0 radical (unpaired) electrons. The minimum atomic E-state index is -0.150. The average Bonchev–Trinajstić information content (AvgIpc) is 2.77. The van der Waals surface area contributed by atoms with E-state index in [1.54, 1.807) is 18.2 Å². The Hall–Kier alpha value is -2.40. The third-order valence-corrected chi connectivity index (χ3v) is 7.29. The van der Waals surface area contributed by atoms with Crippen LogP contribution in [0.2, 0.25) is 0 Å². The molecule has 0 bridgehead atoms. The van der Waals surface area contributed by atoms with Crippen LogP contribution >= 0.6 is 0 Å². The number of rotatable bonds is 5. The summed E-state index contributed by atoms with van der Waals surface area (Å²) in [6, 6.07) is 15.1. The van der Waals surface area contributed by atoms with Gasteiger partial charge in [-0.3, -0.25) is 0 Å². The number of halogens is 1. The Kier molecular flexibility index (Phi) is 6.14. The molecular formula is C27H30FN. The third-order valence-electron chi connectivity index (χ3n) is 7.29. The van der Waals surface area contributed by atoms with Crippen molar-refractivity contribution in [3.05, 3.63) is 72.1 Å². The minimum absolute atomic E-state index is 0.150. The lowest BCUT2D eigenvalue weighted by Gasteiger charge is -2.42. The maximum absolute atomic E-state index is 14.9. The number of nitrogens with zero attached hydrogens (tertiary/aromatic N) is 1. The van der Waals surface area contributed by atoms with Crippen molar-refractivity contribution in [3.8, 4) is 17.2 Å². The largest absolute Gasteiger partial charge is 0.206 e. The van der Waals surface area contributed by atoms with Crippen molar-refractivity contribution in [2.45, 2.75) is 57.3 Å². The summed E-state index contributed by atoms with van der Waals surface area (Å²) >= 11 is 0. The second-order valence-electron chi connectivity index (χ2n) is 9.00. The van der Waals surface area contributed by atoms with Crippen LogP contribution in [0.1, 0.15) is 68.4 Å². The summed E-state index contributed by atoms with van der Waals surface area (Å²) in [6.45, 7) is 3.87. The molecule has 2 aromatic rings. The summed E-state index contributed by atoms with van der Waals surface area (Å²) in [6.07, 6.45) is 12.3. The Morgan fingerprint density at radius 2 is 1.76 bits per heavy atom. The summed E-state index contributed by atoms with van der Waals surface area (Å²) in [5, 5.41) is 8.94. The molecule has 0 aliphatic heterocycles. The van der Waals surface area contributed by atoms with Gasteiger partial charge in [0.2, 0.25) is 0 Å². The Labute approximate surface area is 174 Å². The first-order valence-electron chi connectivity index (χ1n) is 11.1. The molecule has 4 atom stereocenters. The minimum Gasteiger partial charge on any atom is -0.206 e. The molecule has 150 valence electrons. The standard InChI is InChI=1S/C27H30FN/c1-2-3-4-19-5-10-23-16-24(12-11-22(23)15-19)25-13-14-26(27(28)17-25)21-8-6-20(18-29)7-9-21/h2,6-9,13-14,17,19,22-24H,1,3-5,10-12,15-16H2. The Morgan fingerprint density at radius 3 is 2.48 bits per heavy atom. The first kappa shape index (κ1) is 19.9. The fourth-order valence-electron chi connectivity index (χ4n) is 5.65. The van der Waals surface area contributed by atoms with Crippen LogP contribution in [0.4, 0.5) is 4.39 Å². The highest BCUT2D eigenvalue weighted by Gasteiger charge is 2.35. The van der Waals surface area contributed by atoms with Crippen LogP contribution < -0.4 is 0 Å². The maximum atomic E-state index is 14.9. The van der Waals surface area contributed by atoms with E-state index in [4.69, 9.17) is 5.26 Å². The van der Waals surface area contributed by atoms with Crippen LogP contribution in [-0.2, 0) is 0 Å². The van der Waals surface area contributed by atoms with Gasteiger partial charge in [-0.05, 0) is 97.9 Å². The number of nitriles is 1. The molecule has 0 aromatic heterocycles. The third kappa shape index (κ3) is 4.45. The van der Waals surface area contributed by atoms with Crippen molar-refractivity contribution in [2.75, 3.05) is 0 Å². The van der Waals surface area contributed by atoms with Gasteiger partial charge < -0.3 is 0 Å². The number of allylic oxidation sites excluding steroid dienone is 1. The van der Waals surface area contributed by atoms with Crippen molar-refractivity contribution in [3.63, 3.8) is 0 Å². The van der Waals surface area contributed by atoms with Gasteiger partial charge in [0.25, 0.3) is 0 Å². The zero-order chi connectivity index (χ0) is 20.2. The van der Waals surface area contributed by atoms with E-state index in [9.17, 15) is 4.39 Å². The van der Waals surface area contributed by atoms with Crippen molar-refractivity contribution in [1.82, 2.24) is 0 Å². The summed E-state index contributed by atoms with van der Waals surface area (Å²) in [5.41, 5.74) is 3.21. The molecule has 0 N–H and O–H groups in total. The number of hydrogen-bond acceptors (Lipinski definition) is 1. The number of hydrogen-bond donors (Lipinski definition) is 0. The van der Waals surface area contributed by atoms with Gasteiger partial charge in [-0.15, -0.1) is 6.58 Å². The summed E-state index contributed by atoms with van der Waals surface area (Å²) in [7, 11) is 0. The van der Waals surface area contributed by atoms with E-state index in [2.05, 4.69) is 24.8 Å². The summed E-state index contributed by atoms with van der Waals surface area (Å²) in [4.78, 5) is 0. The molecule has 0 heterocycles. The summed E-state index contributed by atoms with van der Waals surface area (Å²) in [5.74, 6) is 2.91. The Morgan fingerprint density at radius 1 is 1.00 bits per heavy atom. The maximum Gasteiger partial charge on any atom is 0.131 e. The van der Waals surface area contributed by atoms with Crippen molar-refractivity contribution >= 4 is 0 Å². The van der Waals surface area contributed by atoms with Gasteiger partial charge in [0, 0.05) is 5.56 Å². The van der Waals surface area contributed by atoms with Gasteiger partial charge in [0.1, 0.15) is 5.82 Å². The van der Waals surface area contributed by atoms with Crippen LogP contribution in [0.25, 0.3) is 11.1 Å². The van der Waals surface area contributed by atoms with Crippen LogP contribution in [-0.4, -0.2) is 0 Å². The number of benzene rings is 2. The van der Waals surface area contributed by atoms with Crippen molar-refractivity contribution in [2.24, 2.45) is 17.8 Å². The fraction of sp³-hybridized carbons (Fsp3) is 0.444. The zero-order valence-electron chi connectivity index (χ0n) is 17.1. The normalized spacial score (nSPS) is 26.3. The monoisotopic (exact) mass is 387 g/mol. The molecule has 4 unspecified atom stereocenters. The highest BCUT2D eigenvalue weighted by atomic mass is 19.1. The van der Waals surface area contributed by atoms with E-state index < -0.39 is 0 Å². The molecule has 2 fully saturated rings. The molecule has 0 amide bonds. The van der Waals surface area contributed by atoms with E-state index in [0.29, 0.717) is 17.0 Å². The second-order valence-corrected chi connectivity index (χ2v) is 9.00. The topological polar surface area (TPSA) is 23.8 Å². The van der Waals surface area contributed by atoms with E-state index in [1.807, 2.05) is 18.2 Å². The second kappa shape index (κ2) is 8.95. The van der Waals surface area contributed by atoms with Gasteiger partial charge in [-0.1, -0.05) is 36.8 Å². The molecule has 0 spiro atoms. The van der Waals surface area contributed by atoms with Gasteiger partial charge in [0.05, 0.1) is 11.6 Å². The van der Waals surface area contributed by atoms with Gasteiger partial charge in [-0.25, -0.2) is 4.39 Å². The average molecular weight is 388 g/mol. The van der Waals surface area contributed by atoms with E-state index in [0.717, 1.165) is 35.3 Å². The first-order valence-corrected chi connectivity index (χ1v) is 11.1. The lowest BCUT2D eigenvalue weighted by atomic mass is 9.63. The molecule has 2 saturated carbocycles. The molecule has 2 aromatic carbocycles. The van der Waals surface area contributed by atoms with E-state index >= 15 is 0 Å². The quantitative estimate of drug-likeness (QED) is 0.484. The molecule has 1 nitrogen and oxygen atoms in total. The van der Waals surface area contributed by atoms with Crippen LogP contribution in [0.15, 0.2) is 55.1 Å². The first-order chi connectivity index (χ1) is 14.2. The van der Waals surface area contributed by atoms with Gasteiger partial charge in [0.15, 0.2) is 0 Å². The van der Waals surface area contributed by atoms with E-state index in [-0.39, 0.29) is 5.82 Å². The van der Waals surface area contributed by atoms with Crippen LogP contribution in [0, 0.1) is 34.9 Å². The summed E-state index contributed by atoms with van der Waals surface area (Å²) < 4.78 is 14.9.